The number of benzene rings is 1. The van der Waals surface area contributed by atoms with Gasteiger partial charge < -0.3 is 9.88 Å². The van der Waals surface area contributed by atoms with E-state index < -0.39 is 0 Å². The average molecular weight is 268 g/mol. The van der Waals surface area contributed by atoms with Crippen LogP contribution in [0.5, 0.6) is 0 Å². The predicted molar refractivity (Wildman–Crippen MR) is 79.4 cm³/mol. The average Bonchev–Trinajstić information content (AvgIpc) is 3.02. The van der Waals surface area contributed by atoms with Crippen LogP contribution in [0.15, 0.2) is 54.9 Å². The number of hydrogen-bond acceptors (Lipinski definition) is 1. The first-order valence-corrected chi connectivity index (χ1v) is 7.28. The molecule has 1 heterocycles. The number of carbonyl (C=O) groups excluding carboxylic acids is 1. The number of hydrogen-bond donors (Lipinski definition) is 1. The standard InChI is InChI=1S/C17H20N2O/c20-17(9-6-12-19-10-4-5-11-19)18-16-13-15(16)14-7-2-1-3-8-14/h1-5,7-8,10-11,15-16H,6,9,12-13H2,(H,18,20). The van der Waals surface area contributed by atoms with E-state index in [-0.39, 0.29) is 5.91 Å². The van der Waals surface area contributed by atoms with Crippen LogP contribution in [0.25, 0.3) is 0 Å². The maximum Gasteiger partial charge on any atom is 0.220 e. The van der Waals surface area contributed by atoms with E-state index in [2.05, 4.69) is 34.1 Å². The Morgan fingerprint density at radius 2 is 1.90 bits per heavy atom. The zero-order valence-corrected chi connectivity index (χ0v) is 11.5. The molecule has 0 spiro atoms. The molecule has 1 N–H and O–H groups in total. The fourth-order valence-corrected chi connectivity index (χ4v) is 2.64. The number of nitrogens with zero attached hydrogens (tertiary/aromatic N) is 1. The van der Waals surface area contributed by atoms with Gasteiger partial charge in [-0.05, 0) is 30.5 Å². The maximum atomic E-state index is 11.9. The van der Waals surface area contributed by atoms with E-state index in [1.165, 1.54) is 5.56 Å². The summed E-state index contributed by atoms with van der Waals surface area (Å²) in [4.78, 5) is 11.9. The smallest absolute Gasteiger partial charge is 0.220 e. The molecule has 1 fully saturated rings. The molecule has 0 bridgehead atoms. The second kappa shape index (κ2) is 5.95. The van der Waals surface area contributed by atoms with E-state index in [1.54, 1.807) is 0 Å². The molecule has 1 aliphatic rings. The molecule has 2 unspecified atom stereocenters. The highest BCUT2D eigenvalue weighted by molar-refractivity contribution is 5.76. The van der Waals surface area contributed by atoms with Gasteiger partial charge in [0.15, 0.2) is 0 Å². The lowest BCUT2D eigenvalue weighted by Gasteiger charge is -2.06. The van der Waals surface area contributed by atoms with Crippen molar-refractivity contribution in [3.63, 3.8) is 0 Å². The first kappa shape index (κ1) is 13.0. The fourth-order valence-electron chi connectivity index (χ4n) is 2.64. The van der Waals surface area contributed by atoms with Gasteiger partial charge in [-0.15, -0.1) is 0 Å². The van der Waals surface area contributed by atoms with Crippen LogP contribution in [-0.2, 0) is 11.3 Å². The molecular formula is C17H20N2O. The van der Waals surface area contributed by atoms with Crippen LogP contribution < -0.4 is 5.32 Å². The lowest BCUT2D eigenvalue weighted by molar-refractivity contribution is -0.121. The summed E-state index contributed by atoms with van der Waals surface area (Å²) in [6.45, 7) is 0.910. The molecule has 20 heavy (non-hydrogen) atoms. The van der Waals surface area contributed by atoms with Gasteiger partial charge >= 0.3 is 0 Å². The van der Waals surface area contributed by atoms with Gasteiger partial charge in [0.1, 0.15) is 0 Å². The SMILES string of the molecule is O=C(CCCn1cccc1)NC1CC1c1ccccc1. The summed E-state index contributed by atoms with van der Waals surface area (Å²) in [5, 5.41) is 3.13. The minimum atomic E-state index is 0.181. The van der Waals surface area contributed by atoms with Crippen LogP contribution in [0.3, 0.4) is 0 Å². The highest BCUT2D eigenvalue weighted by Gasteiger charge is 2.39. The maximum absolute atomic E-state index is 11.9. The molecule has 2 aromatic rings. The third-order valence-corrected chi connectivity index (χ3v) is 3.85. The minimum Gasteiger partial charge on any atom is -0.354 e. The van der Waals surface area contributed by atoms with E-state index >= 15 is 0 Å². The van der Waals surface area contributed by atoms with E-state index in [0.29, 0.717) is 18.4 Å². The molecular weight excluding hydrogens is 248 g/mol. The van der Waals surface area contributed by atoms with Gasteiger partial charge in [-0.3, -0.25) is 4.79 Å². The number of nitrogens with one attached hydrogen (secondary N) is 1. The van der Waals surface area contributed by atoms with Gasteiger partial charge in [0.2, 0.25) is 5.91 Å². The number of rotatable bonds is 6. The van der Waals surface area contributed by atoms with Gasteiger partial charge in [0.05, 0.1) is 0 Å². The largest absolute Gasteiger partial charge is 0.354 e. The third-order valence-electron chi connectivity index (χ3n) is 3.85. The van der Waals surface area contributed by atoms with Crippen molar-refractivity contribution in [3.05, 3.63) is 60.4 Å². The van der Waals surface area contributed by atoms with Crippen molar-refractivity contribution in [2.75, 3.05) is 0 Å². The van der Waals surface area contributed by atoms with Crippen LogP contribution in [0.2, 0.25) is 0 Å². The number of aromatic nitrogens is 1. The van der Waals surface area contributed by atoms with Crippen molar-refractivity contribution in [2.45, 2.75) is 37.8 Å². The summed E-state index contributed by atoms with van der Waals surface area (Å²) < 4.78 is 2.11. The van der Waals surface area contributed by atoms with Crippen LogP contribution in [-0.4, -0.2) is 16.5 Å². The molecule has 1 aliphatic carbocycles. The Labute approximate surface area is 119 Å². The van der Waals surface area contributed by atoms with E-state index in [1.807, 2.05) is 30.6 Å². The second-order valence-corrected chi connectivity index (χ2v) is 5.45. The first-order valence-electron chi connectivity index (χ1n) is 7.28. The molecule has 104 valence electrons. The molecule has 3 nitrogen and oxygen atoms in total. The summed E-state index contributed by atoms with van der Waals surface area (Å²) in [6, 6.07) is 14.8. The molecule has 1 aromatic carbocycles. The molecule has 3 heteroatoms. The predicted octanol–water partition coefficient (Wildman–Crippen LogP) is 2.94. The topological polar surface area (TPSA) is 34.0 Å². The van der Waals surface area contributed by atoms with Crippen LogP contribution in [0.1, 0.15) is 30.7 Å². The Morgan fingerprint density at radius 3 is 2.65 bits per heavy atom. The zero-order valence-electron chi connectivity index (χ0n) is 11.5. The highest BCUT2D eigenvalue weighted by Crippen LogP contribution is 2.40. The van der Waals surface area contributed by atoms with Crippen molar-refractivity contribution in [3.8, 4) is 0 Å². The zero-order chi connectivity index (χ0) is 13.8. The van der Waals surface area contributed by atoms with Gasteiger partial charge in [0.25, 0.3) is 0 Å². The molecule has 1 aromatic heterocycles. The lowest BCUT2D eigenvalue weighted by atomic mass is 10.1. The Kier molecular flexibility index (Phi) is 3.86. The third kappa shape index (κ3) is 3.29. The van der Waals surface area contributed by atoms with Gasteiger partial charge in [0, 0.05) is 37.3 Å². The van der Waals surface area contributed by atoms with Crippen molar-refractivity contribution < 1.29 is 4.79 Å². The Bertz CT molecular complexity index is 548. The normalized spacial score (nSPS) is 20.6. The molecule has 0 aliphatic heterocycles. The number of carbonyl (C=O) groups is 1. The summed E-state index contributed by atoms with van der Waals surface area (Å²) in [5.74, 6) is 0.699. The summed E-state index contributed by atoms with van der Waals surface area (Å²) in [6.07, 6.45) is 6.64. The second-order valence-electron chi connectivity index (χ2n) is 5.45. The van der Waals surface area contributed by atoms with Crippen molar-refractivity contribution in [2.24, 2.45) is 0 Å². The number of amides is 1. The molecule has 0 radical (unpaired) electrons. The summed E-state index contributed by atoms with van der Waals surface area (Å²) in [7, 11) is 0. The molecule has 3 rings (SSSR count). The molecule has 0 saturated heterocycles. The summed E-state index contributed by atoms with van der Waals surface area (Å²) >= 11 is 0. The summed E-state index contributed by atoms with van der Waals surface area (Å²) in [5.41, 5.74) is 1.34. The molecule has 1 amide bonds. The van der Waals surface area contributed by atoms with Crippen LogP contribution >= 0.6 is 0 Å². The van der Waals surface area contributed by atoms with Gasteiger partial charge in [-0.2, -0.15) is 0 Å². The Morgan fingerprint density at radius 1 is 1.15 bits per heavy atom. The van der Waals surface area contributed by atoms with Crippen molar-refractivity contribution in [1.82, 2.24) is 9.88 Å². The fraction of sp³-hybridized carbons (Fsp3) is 0.353. The van der Waals surface area contributed by atoms with Crippen molar-refractivity contribution >= 4 is 5.91 Å². The van der Waals surface area contributed by atoms with Crippen molar-refractivity contribution in [1.29, 1.82) is 0 Å². The first-order chi connectivity index (χ1) is 9.83. The van der Waals surface area contributed by atoms with E-state index in [4.69, 9.17) is 0 Å². The minimum absolute atomic E-state index is 0.181. The van der Waals surface area contributed by atoms with Gasteiger partial charge in [-0.25, -0.2) is 0 Å². The molecule has 1 saturated carbocycles. The van der Waals surface area contributed by atoms with Gasteiger partial charge in [-0.1, -0.05) is 30.3 Å². The monoisotopic (exact) mass is 268 g/mol. The quantitative estimate of drug-likeness (QED) is 0.858. The Balaban J connectivity index is 1.38. The van der Waals surface area contributed by atoms with E-state index in [9.17, 15) is 4.79 Å². The number of aryl methyl sites for hydroxylation is 1. The lowest BCUT2D eigenvalue weighted by Crippen LogP contribution is -2.26. The highest BCUT2D eigenvalue weighted by atomic mass is 16.1. The van der Waals surface area contributed by atoms with Crippen LogP contribution in [0, 0.1) is 0 Å². The molecule has 2 atom stereocenters. The van der Waals surface area contributed by atoms with Crippen LogP contribution in [0.4, 0.5) is 0 Å². The van der Waals surface area contributed by atoms with E-state index in [0.717, 1.165) is 19.4 Å². The Hall–Kier alpha value is -2.03.